The zero-order valence-corrected chi connectivity index (χ0v) is 21.9. The summed E-state index contributed by atoms with van der Waals surface area (Å²) in [6, 6.07) is 20.4. The summed E-state index contributed by atoms with van der Waals surface area (Å²) in [5.41, 5.74) is 1.01. The minimum Gasteiger partial charge on any atom is -0.496 e. The molecular formula is C29H27BrO7. The number of hydrogen-bond donors (Lipinski definition) is 0. The first-order chi connectivity index (χ1) is 18.0. The fourth-order valence-corrected chi connectivity index (χ4v) is 4.14. The number of benzene rings is 3. The van der Waals surface area contributed by atoms with E-state index in [1.807, 2.05) is 0 Å². The number of carbonyl (C=O) groups is 3. The van der Waals surface area contributed by atoms with E-state index in [9.17, 15) is 14.4 Å². The van der Waals surface area contributed by atoms with Gasteiger partial charge in [0, 0.05) is 11.6 Å². The predicted molar refractivity (Wildman–Crippen MR) is 142 cm³/mol. The molecule has 192 valence electrons. The summed E-state index contributed by atoms with van der Waals surface area (Å²) in [6.07, 6.45) is 0.942. The maximum atomic E-state index is 13.7. The van der Waals surface area contributed by atoms with Gasteiger partial charge in [-0.05, 0) is 53.0 Å². The number of halogens is 1. The Morgan fingerprint density at radius 2 is 1.46 bits per heavy atom. The summed E-state index contributed by atoms with van der Waals surface area (Å²) < 4.78 is 22.7. The molecule has 1 unspecified atom stereocenters. The van der Waals surface area contributed by atoms with Crippen molar-refractivity contribution in [2.75, 3.05) is 20.3 Å². The lowest BCUT2D eigenvalue weighted by Crippen LogP contribution is -2.22. The van der Waals surface area contributed by atoms with Crippen LogP contribution in [0.2, 0.25) is 0 Å². The molecule has 8 heteroatoms. The summed E-state index contributed by atoms with van der Waals surface area (Å²) in [7, 11) is 1.50. The van der Waals surface area contributed by atoms with Crippen LogP contribution in [-0.4, -0.2) is 38.0 Å². The van der Waals surface area contributed by atoms with Gasteiger partial charge in [0.2, 0.25) is 5.78 Å². The van der Waals surface area contributed by atoms with E-state index in [-0.39, 0.29) is 13.2 Å². The zero-order chi connectivity index (χ0) is 26.6. The number of ketones is 1. The van der Waals surface area contributed by atoms with Gasteiger partial charge in [-0.15, -0.1) is 0 Å². The Hall–Kier alpha value is -3.91. The molecule has 3 aromatic rings. The highest BCUT2D eigenvalue weighted by atomic mass is 79.9. The smallest absolute Gasteiger partial charge is 0.339 e. The van der Waals surface area contributed by atoms with Crippen molar-refractivity contribution in [1.29, 1.82) is 0 Å². The van der Waals surface area contributed by atoms with E-state index < -0.39 is 23.8 Å². The molecule has 0 bridgehead atoms. The molecule has 0 saturated carbocycles. The first kappa shape index (κ1) is 27.7. The number of rotatable bonds is 13. The minimum atomic E-state index is -1.32. The van der Waals surface area contributed by atoms with Crippen molar-refractivity contribution in [3.8, 4) is 11.5 Å². The van der Waals surface area contributed by atoms with Gasteiger partial charge in [0.15, 0.2) is 6.10 Å². The SMILES string of the molecule is C=CC(=O)OCCCCOc1ccc(OC)c(Br)c1C(OC(=O)c1ccccc1)C(=O)c1ccccc1. The molecule has 0 fully saturated rings. The number of methoxy groups -OCH3 is 1. The molecule has 37 heavy (non-hydrogen) atoms. The van der Waals surface area contributed by atoms with Gasteiger partial charge in [-0.3, -0.25) is 4.79 Å². The molecule has 0 aromatic heterocycles. The van der Waals surface area contributed by atoms with Crippen molar-refractivity contribution in [3.05, 3.63) is 107 Å². The first-order valence-corrected chi connectivity index (χ1v) is 12.4. The molecule has 0 aliphatic rings. The second kappa shape index (κ2) is 14.0. The molecule has 0 heterocycles. The van der Waals surface area contributed by atoms with Gasteiger partial charge in [-0.1, -0.05) is 55.1 Å². The molecule has 0 N–H and O–H groups in total. The highest BCUT2D eigenvalue weighted by Gasteiger charge is 2.33. The molecule has 0 spiro atoms. The van der Waals surface area contributed by atoms with Gasteiger partial charge in [0.1, 0.15) is 11.5 Å². The summed E-state index contributed by atoms with van der Waals surface area (Å²) in [6.45, 7) is 3.87. The van der Waals surface area contributed by atoms with Gasteiger partial charge in [-0.25, -0.2) is 9.59 Å². The second-order valence-electron chi connectivity index (χ2n) is 7.80. The number of ether oxygens (including phenoxy) is 4. The monoisotopic (exact) mass is 566 g/mol. The van der Waals surface area contributed by atoms with Crippen LogP contribution in [0.3, 0.4) is 0 Å². The van der Waals surface area contributed by atoms with Gasteiger partial charge in [0.05, 0.1) is 35.9 Å². The first-order valence-electron chi connectivity index (χ1n) is 11.6. The molecule has 0 amide bonds. The second-order valence-corrected chi connectivity index (χ2v) is 8.60. The highest BCUT2D eigenvalue weighted by Crippen LogP contribution is 2.42. The molecule has 0 aliphatic carbocycles. The summed E-state index contributed by atoms with van der Waals surface area (Å²) in [5, 5.41) is 0. The van der Waals surface area contributed by atoms with E-state index >= 15 is 0 Å². The van der Waals surface area contributed by atoms with Crippen LogP contribution in [0.5, 0.6) is 11.5 Å². The van der Waals surface area contributed by atoms with E-state index in [1.165, 1.54) is 7.11 Å². The lowest BCUT2D eigenvalue weighted by molar-refractivity contribution is -0.137. The summed E-state index contributed by atoms with van der Waals surface area (Å²) >= 11 is 3.52. The van der Waals surface area contributed by atoms with Gasteiger partial charge < -0.3 is 18.9 Å². The van der Waals surface area contributed by atoms with Crippen molar-refractivity contribution in [3.63, 3.8) is 0 Å². The lowest BCUT2D eigenvalue weighted by Gasteiger charge is -2.23. The summed E-state index contributed by atoms with van der Waals surface area (Å²) in [5.74, 6) is -0.754. The van der Waals surface area contributed by atoms with Crippen molar-refractivity contribution >= 4 is 33.7 Å². The number of unbranched alkanes of at least 4 members (excludes halogenated alkanes) is 1. The molecule has 3 aromatic carbocycles. The van der Waals surface area contributed by atoms with Crippen LogP contribution < -0.4 is 9.47 Å². The number of Topliss-reactive ketones (excluding diaryl/α,β-unsaturated/α-hetero) is 1. The van der Waals surface area contributed by atoms with Crippen molar-refractivity contribution in [2.24, 2.45) is 0 Å². The number of esters is 2. The maximum absolute atomic E-state index is 13.7. The van der Waals surface area contributed by atoms with Crippen LogP contribution in [0.1, 0.15) is 45.2 Å². The highest BCUT2D eigenvalue weighted by molar-refractivity contribution is 9.10. The number of carbonyl (C=O) groups excluding carboxylic acids is 3. The van der Waals surface area contributed by atoms with Crippen LogP contribution >= 0.6 is 15.9 Å². The van der Waals surface area contributed by atoms with E-state index in [0.717, 1.165) is 6.08 Å². The Bertz CT molecular complexity index is 1230. The Labute approximate surface area is 224 Å². The standard InChI is InChI=1S/C29H27BrO7/c1-3-24(31)36-19-11-10-18-35-22-16-17-23(34-2)26(30)25(22)28(27(32)20-12-6-4-7-13-20)37-29(33)21-14-8-5-9-15-21/h3-9,12-17,28H,1,10-11,18-19H2,2H3. The molecule has 0 radical (unpaired) electrons. The molecule has 3 rings (SSSR count). The predicted octanol–water partition coefficient (Wildman–Crippen LogP) is 6.13. The Kier molecular flexibility index (Phi) is 10.5. The number of hydrogen-bond acceptors (Lipinski definition) is 7. The third kappa shape index (κ3) is 7.54. The molecule has 0 aliphatic heterocycles. The fourth-order valence-electron chi connectivity index (χ4n) is 3.45. The minimum absolute atomic E-state index is 0.233. The lowest BCUT2D eigenvalue weighted by atomic mass is 9.98. The van der Waals surface area contributed by atoms with Gasteiger partial charge in [0.25, 0.3) is 0 Å². The van der Waals surface area contributed by atoms with E-state index in [2.05, 4.69) is 22.5 Å². The van der Waals surface area contributed by atoms with Crippen molar-refractivity contribution in [1.82, 2.24) is 0 Å². The Balaban J connectivity index is 1.92. The largest absolute Gasteiger partial charge is 0.496 e. The molecule has 7 nitrogen and oxygen atoms in total. The summed E-state index contributed by atoms with van der Waals surface area (Å²) in [4.78, 5) is 37.9. The topological polar surface area (TPSA) is 88.1 Å². The molecule has 1 atom stereocenters. The third-order valence-electron chi connectivity index (χ3n) is 5.32. The van der Waals surface area contributed by atoms with Crippen molar-refractivity contribution in [2.45, 2.75) is 18.9 Å². The van der Waals surface area contributed by atoms with Crippen LogP contribution in [0.25, 0.3) is 0 Å². The van der Waals surface area contributed by atoms with Crippen LogP contribution in [0.15, 0.2) is 89.9 Å². The van der Waals surface area contributed by atoms with E-state index in [0.29, 0.717) is 45.5 Å². The van der Waals surface area contributed by atoms with Crippen molar-refractivity contribution < 1.29 is 33.3 Å². The maximum Gasteiger partial charge on any atom is 0.339 e. The Morgan fingerprint density at radius 1 is 0.865 bits per heavy atom. The van der Waals surface area contributed by atoms with Crippen LogP contribution in [0, 0.1) is 0 Å². The Morgan fingerprint density at radius 3 is 2.08 bits per heavy atom. The normalized spacial score (nSPS) is 11.2. The molecule has 0 saturated heterocycles. The van der Waals surface area contributed by atoms with Gasteiger partial charge in [-0.2, -0.15) is 0 Å². The third-order valence-corrected chi connectivity index (χ3v) is 6.14. The zero-order valence-electron chi connectivity index (χ0n) is 20.4. The quantitative estimate of drug-likeness (QED) is 0.106. The van der Waals surface area contributed by atoms with Crippen LogP contribution in [-0.2, 0) is 14.3 Å². The van der Waals surface area contributed by atoms with Crippen LogP contribution in [0.4, 0.5) is 0 Å². The molecular weight excluding hydrogens is 540 g/mol. The van der Waals surface area contributed by atoms with E-state index in [1.54, 1.807) is 72.8 Å². The fraction of sp³-hybridized carbons (Fsp3) is 0.207. The average Bonchev–Trinajstić information content (AvgIpc) is 2.94. The van der Waals surface area contributed by atoms with E-state index in [4.69, 9.17) is 18.9 Å². The average molecular weight is 567 g/mol. The van der Waals surface area contributed by atoms with Gasteiger partial charge >= 0.3 is 11.9 Å².